The van der Waals surface area contributed by atoms with Crippen molar-refractivity contribution >= 4 is 15.9 Å². The summed E-state index contributed by atoms with van der Waals surface area (Å²) in [7, 11) is -2.16. The highest BCUT2D eigenvalue weighted by molar-refractivity contribution is 7.89. The van der Waals surface area contributed by atoms with Crippen molar-refractivity contribution in [1.29, 1.82) is 0 Å². The number of nitrogens with one attached hydrogen (secondary N) is 1. The number of aromatic nitrogens is 1. The Bertz CT molecular complexity index is 956. The zero-order chi connectivity index (χ0) is 20.1. The number of carbonyl (C=O) groups is 1. The van der Waals surface area contributed by atoms with Crippen LogP contribution >= 0.6 is 0 Å². The van der Waals surface area contributed by atoms with E-state index in [0.29, 0.717) is 43.3 Å². The molecular formula is C19H23N3O5S. The predicted molar refractivity (Wildman–Crippen MR) is 103 cm³/mol. The number of aryl methyl sites for hydroxylation is 1. The number of pyridine rings is 1. The van der Waals surface area contributed by atoms with Crippen molar-refractivity contribution in [3.8, 4) is 5.88 Å². The number of morpholine rings is 1. The Kier molecular flexibility index (Phi) is 6.28. The zero-order valence-corrected chi connectivity index (χ0v) is 16.7. The highest BCUT2D eigenvalue weighted by Crippen LogP contribution is 2.21. The van der Waals surface area contributed by atoms with Crippen molar-refractivity contribution in [1.82, 2.24) is 14.6 Å². The number of amides is 1. The summed E-state index contributed by atoms with van der Waals surface area (Å²) in [5.74, 6) is 0.0746. The van der Waals surface area contributed by atoms with Gasteiger partial charge in [-0.25, -0.2) is 13.4 Å². The van der Waals surface area contributed by atoms with Crippen LogP contribution in [0.25, 0.3) is 0 Å². The lowest BCUT2D eigenvalue weighted by Crippen LogP contribution is -2.40. The largest absolute Gasteiger partial charge is 0.481 e. The van der Waals surface area contributed by atoms with E-state index in [0.717, 1.165) is 5.56 Å². The highest BCUT2D eigenvalue weighted by Gasteiger charge is 2.27. The summed E-state index contributed by atoms with van der Waals surface area (Å²) in [6.45, 7) is 3.33. The third-order valence-electron chi connectivity index (χ3n) is 4.54. The van der Waals surface area contributed by atoms with Gasteiger partial charge in [-0.15, -0.1) is 0 Å². The van der Waals surface area contributed by atoms with E-state index in [1.165, 1.54) is 23.5 Å². The Morgan fingerprint density at radius 2 is 2.04 bits per heavy atom. The van der Waals surface area contributed by atoms with Crippen LogP contribution in [0.15, 0.2) is 41.4 Å². The van der Waals surface area contributed by atoms with Crippen LogP contribution in [0.5, 0.6) is 5.88 Å². The fraction of sp³-hybridized carbons (Fsp3) is 0.368. The van der Waals surface area contributed by atoms with E-state index in [1.54, 1.807) is 31.3 Å². The van der Waals surface area contributed by atoms with E-state index in [9.17, 15) is 13.2 Å². The van der Waals surface area contributed by atoms with Crippen molar-refractivity contribution < 1.29 is 22.7 Å². The maximum Gasteiger partial charge on any atom is 0.251 e. The lowest BCUT2D eigenvalue weighted by molar-refractivity contribution is 0.0730. The SMILES string of the molecule is COc1ncccc1CNC(=O)c1cc(S(=O)(=O)N2CCOCC2)ccc1C. The summed E-state index contributed by atoms with van der Waals surface area (Å²) in [5.41, 5.74) is 1.74. The normalized spacial score (nSPS) is 15.2. The molecule has 1 aliphatic rings. The molecule has 3 rings (SSSR count). The smallest absolute Gasteiger partial charge is 0.251 e. The molecule has 1 saturated heterocycles. The maximum absolute atomic E-state index is 12.9. The van der Waals surface area contributed by atoms with E-state index < -0.39 is 10.0 Å². The molecule has 1 N–H and O–H groups in total. The molecule has 1 amide bonds. The lowest BCUT2D eigenvalue weighted by atomic mass is 10.1. The van der Waals surface area contributed by atoms with Gasteiger partial charge in [-0.1, -0.05) is 12.1 Å². The van der Waals surface area contributed by atoms with Crippen molar-refractivity contribution in [2.75, 3.05) is 33.4 Å². The molecule has 0 bridgehead atoms. The topological polar surface area (TPSA) is 97.8 Å². The molecule has 2 heterocycles. The molecule has 28 heavy (non-hydrogen) atoms. The Morgan fingerprint density at radius 1 is 1.29 bits per heavy atom. The minimum atomic E-state index is -3.67. The second-order valence-corrected chi connectivity index (χ2v) is 8.29. The van der Waals surface area contributed by atoms with E-state index in [2.05, 4.69) is 10.3 Å². The van der Waals surface area contributed by atoms with E-state index in [1.807, 2.05) is 0 Å². The van der Waals surface area contributed by atoms with Gasteiger partial charge in [0.1, 0.15) is 0 Å². The Morgan fingerprint density at radius 3 is 2.75 bits per heavy atom. The van der Waals surface area contributed by atoms with Gasteiger partial charge in [0.2, 0.25) is 15.9 Å². The number of rotatable bonds is 6. The molecule has 1 aliphatic heterocycles. The molecule has 0 aliphatic carbocycles. The number of carbonyl (C=O) groups excluding carboxylic acids is 1. The average Bonchev–Trinajstić information content (AvgIpc) is 2.73. The van der Waals surface area contributed by atoms with Crippen LogP contribution in [0.3, 0.4) is 0 Å². The molecule has 9 heteroatoms. The van der Waals surface area contributed by atoms with Crippen LogP contribution in [-0.4, -0.2) is 57.0 Å². The van der Waals surface area contributed by atoms with Gasteiger partial charge in [-0.05, 0) is 30.7 Å². The zero-order valence-electron chi connectivity index (χ0n) is 15.8. The Labute approximate surface area is 164 Å². The summed E-state index contributed by atoms with van der Waals surface area (Å²) in [6, 6.07) is 8.16. The summed E-state index contributed by atoms with van der Waals surface area (Å²) < 4.78 is 37.5. The van der Waals surface area contributed by atoms with Gasteiger partial charge in [0.05, 0.1) is 25.2 Å². The first-order chi connectivity index (χ1) is 13.4. The van der Waals surface area contributed by atoms with Gasteiger partial charge in [0.25, 0.3) is 5.91 Å². The Balaban J connectivity index is 1.80. The summed E-state index contributed by atoms with van der Waals surface area (Å²) in [4.78, 5) is 16.9. The first-order valence-corrected chi connectivity index (χ1v) is 10.3. The molecular weight excluding hydrogens is 382 g/mol. The summed E-state index contributed by atoms with van der Waals surface area (Å²) in [6.07, 6.45) is 1.61. The van der Waals surface area contributed by atoms with Crippen LogP contribution < -0.4 is 10.1 Å². The molecule has 1 aromatic heterocycles. The molecule has 150 valence electrons. The fourth-order valence-corrected chi connectivity index (χ4v) is 4.39. The van der Waals surface area contributed by atoms with E-state index in [-0.39, 0.29) is 17.3 Å². The number of nitrogens with zero attached hydrogens (tertiary/aromatic N) is 2. The van der Waals surface area contributed by atoms with Gasteiger partial charge < -0.3 is 14.8 Å². The molecule has 1 fully saturated rings. The standard InChI is InChI=1S/C19H23N3O5S/c1-14-5-6-16(28(24,25)22-8-10-27-11-9-22)12-17(14)18(23)21-13-15-4-3-7-20-19(15)26-2/h3-7,12H,8-11,13H2,1-2H3,(H,21,23). The van der Waals surface area contributed by atoms with E-state index >= 15 is 0 Å². The minimum Gasteiger partial charge on any atom is -0.481 e. The van der Waals surface area contributed by atoms with Crippen molar-refractivity contribution in [2.45, 2.75) is 18.4 Å². The van der Waals surface area contributed by atoms with Gasteiger partial charge >= 0.3 is 0 Å². The number of hydrogen-bond donors (Lipinski definition) is 1. The van der Waals surface area contributed by atoms with Crippen molar-refractivity contribution in [3.63, 3.8) is 0 Å². The molecule has 0 unspecified atom stereocenters. The number of methoxy groups -OCH3 is 1. The quantitative estimate of drug-likeness (QED) is 0.779. The molecule has 0 atom stereocenters. The lowest BCUT2D eigenvalue weighted by Gasteiger charge is -2.26. The van der Waals surface area contributed by atoms with Crippen LogP contribution in [0, 0.1) is 6.92 Å². The van der Waals surface area contributed by atoms with Crippen LogP contribution in [0.2, 0.25) is 0 Å². The summed E-state index contributed by atoms with van der Waals surface area (Å²) >= 11 is 0. The first kappa shape index (κ1) is 20.2. The van der Waals surface area contributed by atoms with Gasteiger partial charge in [0, 0.05) is 37.0 Å². The third-order valence-corrected chi connectivity index (χ3v) is 6.44. The average molecular weight is 405 g/mol. The Hall–Kier alpha value is -2.49. The van der Waals surface area contributed by atoms with Crippen LogP contribution in [-0.2, 0) is 21.3 Å². The monoisotopic (exact) mass is 405 g/mol. The predicted octanol–water partition coefficient (Wildman–Crippen LogP) is 1.35. The summed E-state index contributed by atoms with van der Waals surface area (Å²) in [5, 5.41) is 2.80. The number of sulfonamides is 1. The van der Waals surface area contributed by atoms with Gasteiger partial charge in [-0.2, -0.15) is 4.31 Å². The van der Waals surface area contributed by atoms with Gasteiger partial charge in [-0.3, -0.25) is 4.79 Å². The van der Waals surface area contributed by atoms with Gasteiger partial charge in [0.15, 0.2) is 0 Å². The van der Waals surface area contributed by atoms with Crippen molar-refractivity contribution in [3.05, 3.63) is 53.2 Å². The molecule has 0 radical (unpaired) electrons. The van der Waals surface area contributed by atoms with Crippen LogP contribution in [0.4, 0.5) is 0 Å². The third kappa shape index (κ3) is 4.32. The maximum atomic E-state index is 12.9. The molecule has 0 saturated carbocycles. The second-order valence-electron chi connectivity index (χ2n) is 6.35. The fourth-order valence-electron chi connectivity index (χ4n) is 2.96. The number of benzene rings is 1. The van der Waals surface area contributed by atoms with Crippen molar-refractivity contribution in [2.24, 2.45) is 0 Å². The molecule has 2 aromatic rings. The highest BCUT2D eigenvalue weighted by atomic mass is 32.2. The van der Waals surface area contributed by atoms with Crippen LogP contribution in [0.1, 0.15) is 21.5 Å². The number of ether oxygens (including phenoxy) is 2. The van der Waals surface area contributed by atoms with E-state index in [4.69, 9.17) is 9.47 Å². The molecule has 1 aromatic carbocycles. The number of hydrogen-bond acceptors (Lipinski definition) is 6. The molecule has 8 nitrogen and oxygen atoms in total. The first-order valence-electron chi connectivity index (χ1n) is 8.88. The minimum absolute atomic E-state index is 0.101. The molecule has 0 spiro atoms. The second kappa shape index (κ2) is 8.68.